The number of fused-ring (bicyclic) bond motifs is 1. The maximum atomic E-state index is 12.6. The van der Waals surface area contributed by atoms with Crippen molar-refractivity contribution >= 4 is 28.9 Å². The second-order valence-corrected chi connectivity index (χ2v) is 5.67. The Morgan fingerprint density at radius 1 is 1.36 bits per heavy atom. The third-order valence-corrected chi connectivity index (χ3v) is 4.02. The first-order valence-electron chi connectivity index (χ1n) is 7.48. The van der Waals surface area contributed by atoms with Crippen molar-refractivity contribution in [2.24, 2.45) is 0 Å². The highest BCUT2D eigenvalue weighted by Crippen LogP contribution is 2.18. The summed E-state index contributed by atoms with van der Waals surface area (Å²) in [6.07, 6.45) is 2.75. The van der Waals surface area contributed by atoms with Crippen LogP contribution in [0.4, 0.5) is 4.79 Å². The third kappa shape index (κ3) is 3.07. The molecule has 3 aromatic heterocycles. The van der Waals surface area contributed by atoms with Crippen molar-refractivity contribution in [2.45, 2.75) is 18.6 Å². The highest BCUT2D eigenvalue weighted by molar-refractivity contribution is 7.98. The van der Waals surface area contributed by atoms with E-state index in [1.165, 1.54) is 29.7 Å². The van der Waals surface area contributed by atoms with Crippen LogP contribution in [0.2, 0.25) is 0 Å². The predicted octanol–water partition coefficient (Wildman–Crippen LogP) is 1.44. The van der Waals surface area contributed by atoms with E-state index >= 15 is 0 Å². The Morgan fingerprint density at radius 2 is 2.16 bits per heavy atom. The standard InChI is InChI=1S/C15H16N6O3S/c1-4-20-13(22)9-8-17-14(25-3)19-12(9)21(20)10-6-5-7-11(18-10)24-15(23)16-2/h5-8H,4H2,1-3H3,(H,16,23). The summed E-state index contributed by atoms with van der Waals surface area (Å²) in [5.41, 5.74) is 0.250. The van der Waals surface area contributed by atoms with Gasteiger partial charge in [0.2, 0.25) is 5.88 Å². The number of hydrogen-bond acceptors (Lipinski definition) is 7. The van der Waals surface area contributed by atoms with E-state index in [0.29, 0.717) is 28.6 Å². The average molecular weight is 360 g/mol. The molecule has 0 radical (unpaired) electrons. The van der Waals surface area contributed by atoms with Crippen LogP contribution in [0.3, 0.4) is 0 Å². The molecule has 0 atom stereocenters. The molecule has 0 aromatic carbocycles. The molecule has 25 heavy (non-hydrogen) atoms. The molecular weight excluding hydrogens is 344 g/mol. The molecule has 3 heterocycles. The van der Waals surface area contributed by atoms with Crippen LogP contribution in [0.15, 0.2) is 34.3 Å². The fraction of sp³-hybridized carbons (Fsp3) is 0.267. The van der Waals surface area contributed by atoms with Gasteiger partial charge in [0, 0.05) is 25.9 Å². The lowest BCUT2D eigenvalue weighted by Gasteiger charge is -2.11. The number of amides is 1. The van der Waals surface area contributed by atoms with E-state index in [2.05, 4.69) is 20.3 Å². The highest BCUT2D eigenvalue weighted by atomic mass is 32.2. The number of aromatic nitrogens is 5. The van der Waals surface area contributed by atoms with E-state index < -0.39 is 6.09 Å². The summed E-state index contributed by atoms with van der Waals surface area (Å²) in [4.78, 5) is 36.9. The molecule has 130 valence electrons. The molecule has 3 rings (SSSR count). The normalized spacial score (nSPS) is 10.8. The number of nitrogens with one attached hydrogen (secondary N) is 1. The molecule has 0 aliphatic rings. The van der Waals surface area contributed by atoms with Crippen LogP contribution < -0.4 is 15.6 Å². The lowest BCUT2D eigenvalue weighted by molar-refractivity contribution is 0.201. The number of pyridine rings is 1. The van der Waals surface area contributed by atoms with Gasteiger partial charge < -0.3 is 10.1 Å². The number of rotatable bonds is 4. The number of carbonyl (C=O) groups excluding carboxylic acids is 1. The van der Waals surface area contributed by atoms with Gasteiger partial charge in [0.1, 0.15) is 5.39 Å². The summed E-state index contributed by atoms with van der Waals surface area (Å²) in [7, 11) is 1.46. The minimum atomic E-state index is -0.623. The van der Waals surface area contributed by atoms with Gasteiger partial charge in [-0.2, -0.15) is 4.98 Å². The fourth-order valence-electron chi connectivity index (χ4n) is 2.35. The topological polar surface area (TPSA) is 104 Å². The molecular formula is C15H16N6O3S. The number of ether oxygens (including phenoxy) is 1. The summed E-state index contributed by atoms with van der Waals surface area (Å²) in [6.45, 7) is 2.27. The Hall–Kier alpha value is -2.88. The van der Waals surface area contributed by atoms with Crippen LogP contribution in [0.1, 0.15) is 6.92 Å². The van der Waals surface area contributed by atoms with Crippen molar-refractivity contribution in [3.8, 4) is 11.7 Å². The van der Waals surface area contributed by atoms with E-state index in [0.717, 1.165) is 0 Å². The van der Waals surface area contributed by atoms with Crippen LogP contribution >= 0.6 is 11.8 Å². The van der Waals surface area contributed by atoms with E-state index in [9.17, 15) is 9.59 Å². The van der Waals surface area contributed by atoms with Crippen molar-refractivity contribution in [1.82, 2.24) is 29.6 Å². The summed E-state index contributed by atoms with van der Waals surface area (Å²) < 4.78 is 8.18. The van der Waals surface area contributed by atoms with E-state index in [-0.39, 0.29) is 11.4 Å². The first kappa shape index (κ1) is 17.0. The molecule has 0 saturated carbocycles. The van der Waals surface area contributed by atoms with Gasteiger partial charge in [-0.05, 0) is 19.2 Å². The molecule has 10 heteroatoms. The Balaban J connectivity index is 2.22. The fourth-order valence-corrected chi connectivity index (χ4v) is 2.69. The van der Waals surface area contributed by atoms with Gasteiger partial charge in [0.05, 0.1) is 0 Å². The van der Waals surface area contributed by atoms with Crippen molar-refractivity contribution in [1.29, 1.82) is 0 Å². The second kappa shape index (κ2) is 6.93. The summed E-state index contributed by atoms with van der Waals surface area (Å²) >= 11 is 1.38. The molecule has 3 aromatic rings. The van der Waals surface area contributed by atoms with Gasteiger partial charge in [-0.1, -0.05) is 17.8 Å². The van der Waals surface area contributed by atoms with E-state index in [1.807, 2.05) is 13.2 Å². The first-order valence-corrected chi connectivity index (χ1v) is 8.71. The second-order valence-electron chi connectivity index (χ2n) is 4.90. The Kier molecular flexibility index (Phi) is 4.70. The third-order valence-electron chi connectivity index (χ3n) is 3.46. The van der Waals surface area contributed by atoms with Crippen molar-refractivity contribution in [3.63, 3.8) is 0 Å². The highest BCUT2D eigenvalue weighted by Gasteiger charge is 2.17. The minimum Gasteiger partial charge on any atom is -0.391 e. The lowest BCUT2D eigenvalue weighted by Crippen LogP contribution is -2.24. The number of thioether (sulfide) groups is 1. The summed E-state index contributed by atoms with van der Waals surface area (Å²) in [5, 5.41) is 3.31. The van der Waals surface area contributed by atoms with Gasteiger partial charge in [-0.15, -0.1) is 0 Å². The Morgan fingerprint density at radius 3 is 2.84 bits per heavy atom. The zero-order chi connectivity index (χ0) is 18.0. The van der Waals surface area contributed by atoms with Gasteiger partial charge in [0.25, 0.3) is 5.56 Å². The van der Waals surface area contributed by atoms with Crippen LogP contribution in [0.5, 0.6) is 5.88 Å². The van der Waals surface area contributed by atoms with Gasteiger partial charge in [0.15, 0.2) is 16.6 Å². The van der Waals surface area contributed by atoms with E-state index in [1.54, 1.807) is 22.9 Å². The maximum absolute atomic E-state index is 12.6. The number of carbonyl (C=O) groups is 1. The van der Waals surface area contributed by atoms with Crippen LogP contribution in [0, 0.1) is 0 Å². The molecule has 0 bridgehead atoms. The van der Waals surface area contributed by atoms with Crippen LogP contribution in [-0.4, -0.2) is 43.7 Å². The molecule has 0 aliphatic carbocycles. The number of hydrogen-bond donors (Lipinski definition) is 1. The molecule has 1 amide bonds. The zero-order valence-corrected chi connectivity index (χ0v) is 14.7. The molecule has 0 aliphatic heterocycles. The first-order chi connectivity index (χ1) is 12.1. The number of nitrogens with zero attached hydrogens (tertiary/aromatic N) is 5. The molecule has 1 N–H and O–H groups in total. The molecule has 0 saturated heterocycles. The summed E-state index contributed by atoms with van der Waals surface area (Å²) in [5.74, 6) is 0.536. The lowest BCUT2D eigenvalue weighted by atomic mass is 10.4. The van der Waals surface area contributed by atoms with Gasteiger partial charge in [-0.3, -0.25) is 4.79 Å². The molecule has 0 spiro atoms. The van der Waals surface area contributed by atoms with Gasteiger partial charge in [-0.25, -0.2) is 24.1 Å². The molecule has 0 unspecified atom stereocenters. The van der Waals surface area contributed by atoms with Gasteiger partial charge >= 0.3 is 6.09 Å². The largest absolute Gasteiger partial charge is 0.413 e. The quantitative estimate of drug-likeness (QED) is 0.554. The molecule has 0 fully saturated rings. The maximum Gasteiger partial charge on any atom is 0.413 e. The summed E-state index contributed by atoms with van der Waals surface area (Å²) in [6, 6.07) is 4.96. The van der Waals surface area contributed by atoms with Crippen molar-refractivity contribution in [3.05, 3.63) is 34.7 Å². The van der Waals surface area contributed by atoms with Crippen LogP contribution in [-0.2, 0) is 6.54 Å². The smallest absolute Gasteiger partial charge is 0.391 e. The average Bonchev–Trinajstić information content (AvgIpc) is 2.93. The minimum absolute atomic E-state index is 0.118. The van der Waals surface area contributed by atoms with Crippen molar-refractivity contribution in [2.75, 3.05) is 13.3 Å². The Labute approximate surface area is 147 Å². The predicted molar refractivity (Wildman–Crippen MR) is 93.5 cm³/mol. The van der Waals surface area contributed by atoms with E-state index in [4.69, 9.17) is 4.74 Å². The molecule has 9 nitrogen and oxygen atoms in total. The van der Waals surface area contributed by atoms with Crippen molar-refractivity contribution < 1.29 is 9.53 Å². The zero-order valence-electron chi connectivity index (χ0n) is 13.9. The van der Waals surface area contributed by atoms with Crippen LogP contribution in [0.25, 0.3) is 16.9 Å². The SMILES string of the molecule is CCn1c(=O)c2cnc(SC)nc2n1-c1cccc(OC(=O)NC)n1. The monoisotopic (exact) mass is 360 g/mol. The Bertz CT molecular complexity index is 997.